The van der Waals surface area contributed by atoms with Gasteiger partial charge in [0.15, 0.2) is 0 Å². The van der Waals surface area contributed by atoms with Gasteiger partial charge in [-0.25, -0.2) is 0 Å². The molecule has 1 aromatic rings. The summed E-state index contributed by atoms with van der Waals surface area (Å²) >= 11 is 0. The maximum atomic E-state index is 10.9. The number of nitrogens with one attached hydrogen (secondary N) is 2. The molecule has 112 valence electrons. The van der Waals surface area contributed by atoms with E-state index < -0.39 is 0 Å². The highest BCUT2D eigenvalue weighted by atomic mass is 16.1. The minimum absolute atomic E-state index is 0.0405. The van der Waals surface area contributed by atoms with Crippen molar-refractivity contribution in [2.45, 2.75) is 27.3 Å². The highest BCUT2D eigenvalue weighted by Crippen LogP contribution is 2.15. The maximum Gasteiger partial charge on any atom is 0.221 e. The van der Waals surface area contributed by atoms with Crippen molar-refractivity contribution in [3.8, 4) is 0 Å². The number of carbonyl (C=O) groups is 1. The molecule has 4 heteroatoms. The van der Waals surface area contributed by atoms with Gasteiger partial charge in [0.05, 0.1) is 0 Å². The van der Waals surface area contributed by atoms with Crippen LogP contribution in [0.25, 0.3) is 0 Å². The second kappa shape index (κ2) is 7.41. The number of anilines is 1. The fourth-order valence-electron chi connectivity index (χ4n) is 2.37. The Balaban J connectivity index is 2.40. The average Bonchev–Trinajstić information content (AvgIpc) is 2.28. The highest BCUT2D eigenvalue weighted by Gasteiger charge is 2.17. The molecule has 0 saturated carbocycles. The second-order valence-electron chi connectivity index (χ2n) is 6.38. The lowest BCUT2D eigenvalue weighted by Gasteiger charge is -2.28. The zero-order valence-corrected chi connectivity index (χ0v) is 13.3. The van der Waals surface area contributed by atoms with E-state index in [9.17, 15) is 4.79 Å². The summed E-state index contributed by atoms with van der Waals surface area (Å²) < 4.78 is 0. The van der Waals surface area contributed by atoms with E-state index in [1.807, 2.05) is 24.3 Å². The molecule has 0 bridgehead atoms. The summed E-state index contributed by atoms with van der Waals surface area (Å²) in [7, 11) is 4.20. The molecule has 0 fully saturated rings. The van der Waals surface area contributed by atoms with Crippen molar-refractivity contribution in [1.82, 2.24) is 10.2 Å². The Hall–Kier alpha value is -1.39. The lowest BCUT2D eigenvalue weighted by atomic mass is 9.93. The number of hydrogen-bond acceptors (Lipinski definition) is 3. The second-order valence-corrected chi connectivity index (χ2v) is 6.38. The van der Waals surface area contributed by atoms with Gasteiger partial charge < -0.3 is 15.5 Å². The van der Waals surface area contributed by atoms with Gasteiger partial charge in [-0.05, 0) is 37.2 Å². The standard InChI is InChI=1S/C16H27N3O/c1-13(20)18-15-8-6-14(7-9-15)10-17-11-16(2,3)12-19(4)5/h6-9,17H,10-12H2,1-5H3,(H,18,20). The van der Waals surface area contributed by atoms with Crippen LogP contribution in [0, 0.1) is 5.41 Å². The van der Waals surface area contributed by atoms with Crippen molar-refractivity contribution in [1.29, 1.82) is 0 Å². The third-order valence-corrected chi connectivity index (χ3v) is 2.95. The Kier molecular flexibility index (Phi) is 6.17. The third kappa shape index (κ3) is 6.68. The number of rotatable bonds is 7. The van der Waals surface area contributed by atoms with Gasteiger partial charge in [-0.3, -0.25) is 4.79 Å². The SMILES string of the molecule is CC(=O)Nc1ccc(CNCC(C)(C)CN(C)C)cc1. The van der Waals surface area contributed by atoms with E-state index in [4.69, 9.17) is 0 Å². The van der Waals surface area contributed by atoms with Crippen LogP contribution in [0.4, 0.5) is 5.69 Å². The van der Waals surface area contributed by atoms with E-state index in [1.165, 1.54) is 12.5 Å². The molecule has 0 spiro atoms. The van der Waals surface area contributed by atoms with Gasteiger partial charge in [0.1, 0.15) is 0 Å². The lowest BCUT2D eigenvalue weighted by Crippen LogP contribution is -2.37. The van der Waals surface area contributed by atoms with Crippen LogP contribution in [-0.4, -0.2) is 38.0 Å². The molecule has 4 nitrogen and oxygen atoms in total. The molecule has 0 aliphatic heterocycles. The van der Waals surface area contributed by atoms with E-state index in [-0.39, 0.29) is 11.3 Å². The zero-order valence-electron chi connectivity index (χ0n) is 13.3. The van der Waals surface area contributed by atoms with E-state index in [2.05, 4.69) is 43.5 Å². The van der Waals surface area contributed by atoms with Gasteiger partial charge in [0, 0.05) is 32.2 Å². The predicted octanol–water partition coefficient (Wildman–Crippen LogP) is 2.32. The number of nitrogens with zero attached hydrogens (tertiary/aromatic N) is 1. The highest BCUT2D eigenvalue weighted by molar-refractivity contribution is 5.88. The van der Waals surface area contributed by atoms with Crippen molar-refractivity contribution < 1.29 is 4.79 Å². The van der Waals surface area contributed by atoms with E-state index in [1.54, 1.807) is 0 Å². The summed E-state index contributed by atoms with van der Waals surface area (Å²) in [6, 6.07) is 7.95. The molecule has 0 aliphatic carbocycles. The summed E-state index contributed by atoms with van der Waals surface area (Å²) in [6.07, 6.45) is 0. The van der Waals surface area contributed by atoms with Crippen LogP contribution in [0.1, 0.15) is 26.3 Å². The molecule has 1 rings (SSSR count). The average molecular weight is 277 g/mol. The molecule has 1 amide bonds. The van der Waals surface area contributed by atoms with Gasteiger partial charge >= 0.3 is 0 Å². The van der Waals surface area contributed by atoms with Crippen LogP contribution in [0.15, 0.2) is 24.3 Å². The van der Waals surface area contributed by atoms with Crippen molar-refractivity contribution in [3.63, 3.8) is 0 Å². The Morgan fingerprint density at radius 3 is 2.30 bits per heavy atom. The number of amides is 1. The Morgan fingerprint density at radius 1 is 1.20 bits per heavy atom. The molecular weight excluding hydrogens is 250 g/mol. The third-order valence-electron chi connectivity index (χ3n) is 2.95. The quantitative estimate of drug-likeness (QED) is 0.804. The minimum Gasteiger partial charge on any atom is -0.326 e. The molecule has 0 atom stereocenters. The van der Waals surface area contributed by atoms with Crippen molar-refractivity contribution >= 4 is 11.6 Å². The molecule has 0 aliphatic rings. The van der Waals surface area contributed by atoms with Crippen LogP contribution in [0.2, 0.25) is 0 Å². The Labute approximate surface area is 122 Å². The predicted molar refractivity (Wildman–Crippen MR) is 84.8 cm³/mol. The van der Waals surface area contributed by atoms with E-state index in [0.717, 1.165) is 25.3 Å². The van der Waals surface area contributed by atoms with Crippen LogP contribution in [-0.2, 0) is 11.3 Å². The van der Waals surface area contributed by atoms with Crippen LogP contribution in [0.3, 0.4) is 0 Å². The summed E-state index contributed by atoms with van der Waals surface area (Å²) in [6.45, 7) is 8.92. The molecule has 1 aromatic carbocycles. The molecule has 0 aromatic heterocycles. The smallest absolute Gasteiger partial charge is 0.221 e. The number of carbonyl (C=O) groups excluding carboxylic acids is 1. The fraction of sp³-hybridized carbons (Fsp3) is 0.562. The number of hydrogen-bond donors (Lipinski definition) is 2. The first-order valence-corrected chi connectivity index (χ1v) is 7.00. The van der Waals surface area contributed by atoms with E-state index in [0.29, 0.717) is 0 Å². The van der Waals surface area contributed by atoms with Gasteiger partial charge in [-0.15, -0.1) is 0 Å². The summed E-state index contributed by atoms with van der Waals surface area (Å²) in [5.41, 5.74) is 2.31. The first-order valence-electron chi connectivity index (χ1n) is 7.00. The van der Waals surface area contributed by atoms with Crippen LogP contribution >= 0.6 is 0 Å². The Bertz CT molecular complexity index is 424. The molecule has 0 radical (unpaired) electrons. The molecular formula is C16H27N3O. The molecule has 0 saturated heterocycles. The molecule has 0 heterocycles. The molecule has 20 heavy (non-hydrogen) atoms. The summed E-state index contributed by atoms with van der Waals surface area (Å²) in [5, 5.41) is 6.26. The topological polar surface area (TPSA) is 44.4 Å². The summed E-state index contributed by atoms with van der Waals surface area (Å²) in [5.74, 6) is -0.0405. The van der Waals surface area contributed by atoms with Gasteiger partial charge in [0.2, 0.25) is 5.91 Å². The lowest BCUT2D eigenvalue weighted by molar-refractivity contribution is -0.114. The van der Waals surface area contributed by atoms with Crippen molar-refractivity contribution in [2.75, 3.05) is 32.5 Å². The Morgan fingerprint density at radius 2 is 1.80 bits per heavy atom. The normalized spacial score (nSPS) is 11.7. The monoisotopic (exact) mass is 277 g/mol. The van der Waals surface area contributed by atoms with Gasteiger partial charge in [-0.1, -0.05) is 26.0 Å². The largest absolute Gasteiger partial charge is 0.326 e. The first-order chi connectivity index (χ1) is 9.28. The maximum absolute atomic E-state index is 10.9. The zero-order chi connectivity index (χ0) is 15.2. The van der Waals surface area contributed by atoms with Crippen LogP contribution in [0.5, 0.6) is 0 Å². The van der Waals surface area contributed by atoms with E-state index >= 15 is 0 Å². The van der Waals surface area contributed by atoms with Crippen LogP contribution < -0.4 is 10.6 Å². The fourth-order valence-corrected chi connectivity index (χ4v) is 2.37. The van der Waals surface area contributed by atoms with Crippen molar-refractivity contribution in [3.05, 3.63) is 29.8 Å². The van der Waals surface area contributed by atoms with Crippen molar-refractivity contribution in [2.24, 2.45) is 5.41 Å². The minimum atomic E-state index is -0.0405. The summed E-state index contributed by atoms with van der Waals surface area (Å²) in [4.78, 5) is 13.2. The molecule has 2 N–H and O–H groups in total. The first kappa shape index (κ1) is 16.7. The number of benzene rings is 1. The van der Waals surface area contributed by atoms with Gasteiger partial charge in [0.25, 0.3) is 0 Å². The van der Waals surface area contributed by atoms with Gasteiger partial charge in [-0.2, -0.15) is 0 Å². The molecule has 0 unspecified atom stereocenters.